The molecule has 6 nitrogen and oxygen atoms in total. The predicted octanol–water partition coefficient (Wildman–Crippen LogP) is 2.81. The van der Waals surface area contributed by atoms with E-state index in [1.165, 1.54) is 0 Å². The lowest BCUT2D eigenvalue weighted by Crippen LogP contribution is -2.32. The Kier molecular flexibility index (Phi) is 6.21. The van der Waals surface area contributed by atoms with Gasteiger partial charge >= 0.3 is 5.97 Å². The Bertz CT molecular complexity index is 907. The summed E-state index contributed by atoms with van der Waals surface area (Å²) in [7, 11) is 1.71. The van der Waals surface area contributed by atoms with Gasteiger partial charge in [-0.05, 0) is 32.9 Å². The second kappa shape index (κ2) is 8.80. The van der Waals surface area contributed by atoms with E-state index in [-0.39, 0.29) is 23.6 Å². The van der Waals surface area contributed by atoms with Gasteiger partial charge in [0, 0.05) is 28.9 Å². The van der Waals surface area contributed by atoms with Crippen molar-refractivity contribution in [1.82, 2.24) is 5.32 Å². The van der Waals surface area contributed by atoms with Crippen LogP contribution in [0.3, 0.4) is 0 Å². The SMILES string of the molecule is CN[C@@H](C)C(=O)OCCCCNc1cccc2c1C(=O)c1ccccc1C2=O. The van der Waals surface area contributed by atoms with Gasteiger partial charge in [0.1, 0.15) is 6.04 Å². The van der Waals surface area contributed by atoms with Crippen LogP contribution < -0.4 is 10.6 Å². The largest absolute Gasteiger partial charge is 0.465 e. The van der Waals surface area contributed by atoms with Gasteiger partial charge in [0.15, 0.2) is 11.6 Å². The lowest BCUT2D eigenvalue weighted by Gasteiger charge is -2.20. The first-order valence-electron chi connectivity index (χ1n) is 9.43. The summed E-state index contributed by atoms with van der Waals surface area (Å²) in [6.07, 6.45) is 1.48. The zero-order valence-electron chi connectivity index (χ0n) is 16.1. The van der Waals surface area contributed by atoms with Crippen LogP contribution in [0.15, 0.2) is 42.5 Å². The monoisotopic (exact) mass is 380 g/mol. The lowest BCUT2D eigenvalue weighted by atomic mass is 9.83. The molecular formula is C22H24N2O4. The van der Waals surface area contributed by atoms with Gasteiger partial charge in [-0.15, -0.1) is 0 Å². The minimum Gasteiger partial charge on any atom is -0.465 e. The fourth-order valence-electron chi connectivity index (χ4n) is 3.16. The maximum Gasteiger partial charge on any atom is 0.322 e. The summed E-state index contributed by atoms with van der Waals surface area (Å²) in [5.41, 5.74) is 2.42. The van der Waals surface area contributed by atoms with Crippen LogP contribution in [0.2, 0.25) is 0 Å². The number of nitrogens with one attached hydrogen (secondary N) is 2. The van der Waals surface area contributed by atoms with Crippen molar-refractivity contribution >= 4 is 23.2 Å². The third kappa shape index (κ3) is 3.97. The van der Waals surface area contributed by atoms with Crippen molar-refractivity contribution in [3.8, 4) is 0 Å². The van der Waals surface area contributed by atoms with Crippen molar-refractivity contribution in [2.75, 3.05) is 25.5 Å². The van der Waals surface area contributed by atoms with Crippen molar-refractivity contribution in [1.29, 1.82) is 0 Å². The molecule has 1 aliphatic rings. The Morgan fingerprint density at radius 3 is 2.36 bits per heavy atom. The number of esters is 1. The maximum absolute atomic E-state index is 12.9. The fraction of sp³-hybridized carbons (Fsp3) is 0.318. The summed E-state index contributed by atoms with van der Waals surface area (Å²) in [5.74, 6) is -0.530. The van der Waals surface area contributed by atoms with Crippen LogP contribution in [0.25, 0.3) is 0 Å². The van der Waals surface area contributed by atoms with Crippen LogP contribution in [0, 0.1) is 0 Å². The van der Waals surface area contributed by atoms with Crippen molar-refractivity contribution < 1.29 is 19.1 Å². The first-order valence-corrected chi connectivity index (χ1v) is 9.43. The lowest BCUT2D eigenvalue weighted by molar-refractivity contribution is -0.145. The van der Waals surface area contributed by atoms with E-state index < -0.39 is 0 Å². The van der Waals surface area contributed by atoms with Crippen molar-refractivity contribution in [2.45, 2.75) is 25.8 Å². The third-order valence-corrected chi connectivity index (χ3v) is 4.87. The molecule has 1 aliphatic carbocycles. The second-order valence-corrected chi connectivity index (χ2v) is 6.74. The number of fused-ring (bicyclic) bond motifs is 2. The topological polar surface area (TPSA) is 84.5 Å². The molecule has 0 unspecified atom stereocenters. The Morgan fingerprint density at radius 2 is 1.64 bits per heavy atom. The standard InChI is InChI=1S/C22H24N2O4/c1-14(23-2)22(27)28-13-6-5-12-24-18-11-7-10-17-19(18)21(26)16-9-4-3-8-15(16)20(17)25/h3-4,7-11,14,23-24H,5-6,12-13H2,1-2H3/t14-/m0/s1. The summed E-state index contributed by atoms with van der Waals surface area (Å²) in [6, 6.07) is 11.9. The van der Waals surface area contributed by atoms with Crippen molar-refractivity contribution in [3.63, 3.8) is 0 Å². The minimum atomic E-state index is -0.319. The molecule has 6 heteroatoms. The Balaban J connectivity index is 1.61. The first kappa shape index (κ1) is 19.8. The van der Waals surface area contributed by atoms with E-state index in [4.69, 9.17) is 4.74 Å². The summed E-state index contributed by atoms with van der Waals surface area (Å²) in [6.45, 7) is 2.71. The molecule has 3 rings (SSSR count). The molecule has 28 heavy (non-hydrogen) atoms. The zero-order valence-corrected chi connectivity index (χ0v) is 16.1. The zero-order chi connectivity index (χ0) is 20.1. The van der Waals surface area contributed by atoms with Crippen LogP contribution in [0.4, 0.5) is 5.69 Å². The molecule has 0 bridgehead atoms. The number of carbonyl (C=O) groups is 3. The third-order valence-electron chi connectivity index (χ3n) is 4.87. The van der Waals surface area contributed by atoms with E-state index >= 15 is 0 Å². The van der Waals surface area contributed by atoms with Crippen LogP contribution in [-0.4, -0.2) is 43.8 Å². The van der Waals surface area contributed by atoms with Gasteiger partial charge in [-0.1, -0.05) is 36.4 Å². The number of rotatable bonds is 8. The van der Waals surface area contributed by atoms with Crippen LogP contribution in [-0.2, 0) is 9.53 Å². The van der Waals surface area contributed by atoms with E-state index in [9.17, 15) is 14.4 Å². The molecule has 0 saturated heterocycles. The second-order valence-electron chi connectivity index (χ2n) is 6.74. The summed E-state index contributed by atoms with van der Waals surface area (Å²) in [5, 5.41) is 6.09. The molecule has 0 aromatic heterocycles. The Hall–Kier alpha value is -2.99. The smallest absolute Gasteiger partial charge is 0.322 e. The van der Waals surface area contributed by atoms with E-state index in [1.807, 2.05) is 6.07 Å². The van der Waals surface area contributed by atoms with Crippen molar-refractivity contribution in [3.05, 3.63) is 64.7 Å². The van der Waals surface area contributed by atoms with E-state index in [0.717, 1.165) is 6.42 Å². The fourth-order valence-corrected chi connectivity index (χ4v) is 3.16. The quantitative estimate of drug-likeness (QED) is 0.462. The molecule has 0 saturated carbocycles. The van der Waals surface area contributed by atoms with Gasteiger partial charge in [0.25, 0.3) is 0 Å². The Morgan fingerprint density at radius 1 is 0.964 bits per heavy atom. The highest BCUT2D eigenvalue weighted by Crippen LogP contribution is 2.31. The molecule has 2 aromatic rings. The molecule has 1 atom stereocenters. The van der Waals surface area contributed by atoms with Gasteiger partial charge in [-0.3, -0.25) is 14.4 Å². The average molecular weight is 380 g/mol. The van der Waals surface area contributed by atoms with Crippen molar-refractivity contribution in [2.24, 2.45) is 0 Å². The highest BCUT2D eigenvalue weighted by Gasteiger charge is 2.31. The maximum atomic E-state index is 12.9. The molecule has 0 aliphatic heterocycles. The normalized spacial score (nSPS) is 13.5. The number of ketones is 2. The molecule has 2 aromatic carbocycles. The number of likely N-dealkylation sites (N-methyl/N-ethyl adjacent to an activating group) is 1. The van der Waals surface area contributed by atoms with Crippen LogP contribution in [0.1, 0.15) is 51.6 Å². The van der Waals surface area contributed by atoms with Gasteiger partial charge in [0.2, 0.25) is 0 Å². The summed E-state index contributed by atoms with van der Waals surface area (Å²) < 4.78 is 5.18. The number of carbonyl (C=O) groups excluding carboxylic acids is 3. The van der Waals surface area contributed by atoms with E-state index in [2.05, 4.69) is 10.6 Å². The van der Waals surface area contributed by atoms with Gasteiger partial charge in [-0.25, -0.2) is 0 Å². The summed E-state index contributed by atoms with van der Waals surface area (Å²) in [4.78, 5) is 37.2. The molecule has 0 radical (unpaired) electrons. The minimum absolute atomic E-state index is 0.126. The number of benzene rings is 2. The number of hydrogen-bond donors (Lipinski definition) is 2. The number of ether oxygens (including phenoxy) is 1. The molecule has 0 spiro atoms. The predicted molar refractivity (Wildman–Crippen MR) is 107 cm³/mol. The number of unbranched alkanes of at least 4 members (excludes halogenated alkanes) is 1. The van der Waals surface area contributed by atoms with Crippen LogP contribution in [0.5, 0.6) is 0 Å². The van der Waals surface area contributed by atoms with Crippen LogP contribution >= 0.6 is 0 Å². The van der Waals surface area contributed by atoms with E-state index in [0.29, 0.717) is 47.5 Å². The molecular weight excluding hydrogens is 356 g/mol. The summed E-state index contributed by atoms with van der Waals surface area (Å²) >= 11 is 0. The Labute approximate surface area is 164 Å². The molecule has 146 valence electrons. The van der Waals surface area contributed by atoms with E-state index in [1.54, 1.807) is 50.4 Å². The molecule has 0 heterocycles. The highest BCUT2D eigenvalue weighted by molar-refractivity contribution is 6.30. The van der Waals surface area contributed by atoms with Gasteiger partial charge in [-0.2, -0.15) is 0 Å². The first-order chi connectivity index (χ1) is 13.5. The highest BCUT2D eigenvalue weighted by atomic mass is 16.5. The number of hydrogen-bond acceptors (Lipinski definition) is 6. The van der Waals surface area contributed by atoms with Gasteiger partial charge in [0.05, 0.1) is 12.2 Å². The average Bonchev–Trinajstić information content (AvgIpc) is 2.73. The molecule has 2 N–H and O–H groups in total. The van der Waals surface area contributed by atoms with Gasteiger partial charge < -0.3 is 15.4 Å². The number of anilines is 1. The molecule has 0 amide bonds. The molecule has 0 fully saturated rings.